The van der Waals surface area contributed by atoms with Crippen molar-refractivity contribution in [1.29, 1.82) is 0 Å². The molecule has 0 radical (unpaired) electrons. The number of rotatable bonds is 5. The average Bonchev–Trinajstić information content (AvgIpc) is 2.47. The normalized spacial score (nSPS) is 20.3. The molecule has 6 nitrogen and oxygen atoms in total. The van der Waals surface area contributed by atoms with Crippen molar-refractivity contribution in [2.45, 2.75) is 12.6 Å². The predicted octanol–water partition coefficient (Wildman–Crippen LogP) is 0.553. The first kappa shape index (κ1) is 14.9. The highest BCUT2D eigenvalue weighted by Gasteiger charge is 2.32. The van der Waals surface area contributed by atoms with Gasteiger partial charge in [-0.3, -0.25) is 0 Å². The molecule has 1 saturated heterocycles. The number of ether oxygens (including phenoxy) is 1. The Morgan fingerprint density at radius 3 is 2.80 bits per heavy atom. The van der Waals surface area contributed by atoms with Gasteiger partial charge in [0.1, 0.15) is 0 Å². The zero-order chi connectivity index (χ0) is 14.4. The molecule has 1 atom stereocenters. The number of benzene rings is 1. The summed E-state index contributed by atoms with van der Waals surface area (Å²) in [4.78, 5) is 13.9. The number of nitrogens with zero attached hydrogens (tertiary/aromatic N) is 2. The maximum absolute atomic E-state index is 12.3. The van der Waals surface area contributed by atoms with Crippen molar-refractivity contribution in [3.05, 3.63) is 35.9 Å². The smallest absolute Gasteiger partial charge is 0.236 e. The molecular weight excluding hydrogens is 280 g/mol. The summed E-state index contributed by atoms with van der Waals surface area (Å²) in [5.41, 5.74) is 0.958. The number of sulfonamides is 1. The van der Waals surface area contributed by atoms with E-state index in [1.54, 1.807) is 0 Å². The fourth-order valence-electron chi connectivity index (χ4n) is 2.07. The first-order chi connectivity index (χ1) is 9.63. The average molecular weight is 296 g/mol. The molecule has 7 heteroatoms. The second-order valence-corrected chi connectivity index (χ2v) is 6.48. The van der Waals surface area contributed by atoms with E-state index in [9.17, 15) is 13.2 Å². The lowest BCUT2D eigenvalue weighted by Gasteiger charge is -2.31. The van der Waals surface area contributed by atoms with E-state index in [-0.39, 0.29) is 18.9 Å². The maximum Gasteiger partial charge on any atom is 0.236 e. The zero-order valence-corrected chi connectivity index (χ0v) is 11.8. The summed E-state index contributed by atoms with van der Waals surface area (Å²) in [7, 11) is -3.47. The van der Waals surface area contributed by atoms with Gasteiger partial charge >= 0.3 is 0 Å². The Bertz CT molecular complexity index is 582. The zero-order valence-electron chi connectivity index (χ0n) is 10.9. The largest absolute Gasteiger partial charge is 0.376 e. The topological polar surface area (TPSA) is 76.0 Å². The predicted molar refractivity (Wildman–Crippen MR) is 73.4 cm³/mol. The minimum atomic E-state index is -3.47. The molecule has 1 aliphatic rings. The number of morpholine rings is 1. The summed E-state index contributed by atoms with van der Waals surface area (Å²) < 4.78 is 31.0. The van der Waals surface area contributed by atoms with Crippen LogP contribution in [0.15, 0.2) is 35.3 Å². The highest BCUT2D eigenvalue weighted by Crippen LogP contribution is 2.15. The van der Waals surface area contributed by atoms with Crippen molar-refractivity contribution >= 4 is 16.1 Å². The summed E-state index contributed by atoms with van der Waals surface area (Å²) in [6.07, 6.45) is 1.04. The molecule has 1 aromatic rings. The van der Waals surface area contributed by atoms with Crippen molar-refractivity contribution in [3.63, 3.8) is 0 Å². The lowest BCUT2D eigenvalue weighted by Crippen LogP contribution is -2.48. The van der Waals surface area contributed by atoms with Crippen molar-refractivity contribution in [2.24, 2.45) is 4.99 Å². The molecule has 2 rings (SSSR count). The van der Waals surface area contributed by atoms with Gasteiger partial charge in [0.15, 0.2) is 6.17 Å². The quantitative estimate of drug-likeness (QED) is 0.587. The summed E-state index contributed by atoms with van der Waals surface area (Å²) in [5, 5.41) is 0. The minimum Gasteiger partial charge on any atom is -0.376 e. The van der Waals surface area contributed by atoms with E-state index in [1.165, 1.54) is 10.4 Å². The van der Waals surface area contributed by atoms with E-state index >= 15 is 0 Å². The molecule has 0 amide bonds. The Balaban J connectivity index is 2.06. The molecule has 1 unspecified atom stereocenters. The van der Waals surface area contributed by atoms with Gasteiger partial charge in [0.05, 0.1) is 19.0 Å². The van der Waals surface area contributed by atoms with Gasteiger partial charge in [-0.15, -0.1) is 0 Å². The molecule has 1 aromatic carbocycles. The lowest BCUT2D eigenvalue weighted by atomic mass is 10.2. The fourth-order valence-corrected chi connectivity index (χ4v) is 3.63. The molecule has 1 aliphatic heterocycles. The molecule has 0 saturated carbocycles. The third-order valence-electron chi connectivity index (χ3n) is 3.11. The monoisotopic (exact) mass is 296 g/mol. The molecular formula is C13H16N2O4S. The number of isocyanates is 1. The molecule has 1 fully saturated rings. The van der Waals surface area contributed by atoms with Crippen LogP contribution in [0, 0.1) is 0 Å². The van der Waals surface area contributed by atoms with Gasteiger partial charge in [-0.05, 0) is 12.0 Å². The molecule has 0 N–H and O–H groups in total. The van der Waals surface area contributed by atoms with Crippen LogP contribution in [-0.4, -0.2) is 50.5 Å². The van der Waals surface area contributed by atoms with Crippen LogP contribution in [0.5, 0.6) is 0 Å². The Morgan fingerprint density at radius 1 is 1.35 bits per heavy atom. The minimum absolute atomic E-state index is 0.0120. The van der Waals surface area contributed by atoms with Crippen molar-refractivity contribution in [1.82, 2.24) is 4.31 Å². The van der Waals surface area contributed by atoms with Gasteiger partial charge in [-0.2, -0.15) is 9.30 Å². The van der Waals surface area contributed by atoms with Crippen molar-refractivity contribution in [3.8, 4) is 0 Å². The SMILES string of the molecule is O=C=NC1COCCN1S(=O)(=O)CCc1ccccc1. The number of aliphatic imine (C=N–C) groups is 1. The van der Waals surface area contributed by atoms with E-state index in [0.717, 1.165) is 5.56 Å². The van der Waals surface area contributed by atoms with Crippen LogP contribution in [0.25, 0.3) is 0 Å². The van der Waals surface area contributed by atoms with Gasteiger partial charge in [-0.25, -0.2) is 13.2 Å². The van der Waals surface area contributed by atoms with E-state index in [2.05, 4.69) is 4.99 Å². The number of hydrogen-bond acceptors (Lipinski definition) is 5. The summed E-state index contributed by atoms with van der Waals surface area (Å²) in [6.45, 7) is 0.627. The fraction of sp³-hybridized carbons (Fsp3) is 0.462. The Morgan fingerprint density at radius 2 is 2.10 bits per heavy atom. The highest BCUT2D eigenvalue weighted by molar-refractivity contribution is 7.89. The molecule has 108 valence electrons. The Kier molecular flexibility index (Phi) is 5.03. The van der Waals surface area contributed by atoms with E-state index < -0.39 is 16.2 Å². The van der Waals surface area contributed by atoms with Gasteiger partial charge < -0.3 is 4.74 Å². The van der Waals surface area contributed by atoms with Crippen molar-refractivity contribution < 1.29 is 17.9 Å². The Labute approximate surface area is 118 Å². The van der Waals surface area contributed by atoms with E-state index in [1.807, 2.05) is 30.3 Å². The summed E-state index contributed by atoms with van der Waals surface area (Å²) >= 11 is 0. The van der Waals surface area contributed by atoms with E-state index in [0.29, 0.717) is 13.0 Å². The van der Waals surface area contributed by atoms with Crippen LogP contribution in [0.4, 0.5) is 0 Å². The van der Waals surface area contributed by atoms with Crippen LogP contribution in [0.1, 0.15) is 5.56 Å². The first-order valence-corrected chi connectivity index (χ1v) is 7.92. The Hall–Kier alpha value is -1.53. The number of carbonyl (C=O) groups excluding carboxylic acids is 1. The molecule has 0 aromatic heterocycles. The molecule has 1 heterocycles. The highest BCUT2D eigenvalue weighted by atomic mass is 32.2. The standard InChI is InChI=1S/C13H16N2O4S/c16-11-14-13-10-19-8-7-15(13)20(17,18)9-6-12-4-2-1-3-5-12/h1-5,13H,6-10H2. The third kappa shape index (κ3) is 3.74. The maximum atomic E-state index is 12.3. The van der Waals surface area contributed by atoms with E-state index in [4.69, 9.17) is 4.74 Å². The molecule has 0 bridgehead atoms. The van der Waals surface area contributed by atoms with Crippen LogP contribution >= 0.6 is 0 Å². The summed E-state index contributed by atoms with van der Waals surface area (Å²) in [5.74, 6) is -0.0120. The molecule has 20 heavy (non-hydrogen) atoms. The van der Waals surface area contributed by atoms with Crippen molar-refractivity contribution in [2.75, 3.05) is 25.5 Å². The summed E-state index contributed by atoms with van der Waals surface area (Å²) in [6, 6.07) is 9.40. The van der Waals surface area contributed by atoms with Crippen LogP contribution < -0.4 is 0 Å². The van der Waals surface area contributed by atoms with Crippen LogP contribution in [-0.2, 0) is 26.0 Å². The second-order valence-electron chi connectivity index (χ2n) is 4.44. The third-order valence-corrected chi connectivity index (χ3v) is 4.97. The van der Waals surface area contributed by atoms with Gasteiger partial charge in [-0.1, -0.05) is 30.3 Å². The van der Waals surface area contributed by atoms with Gasteiger partial charge in [0, 0.05) is 6.54 Å². The van der Waals surface area contributed by atoms with Gasteiger partial charge in [0.25, 0.3) is 0 Å². The van der Waals surface area contributed by atoms with Crippen LogP contribution in [0.3, 0.4) is 0 Å². The molecule has 0 aliphatic carbocycles. The van der Waals surface area contributed by atoms with Crippen LogP contribution in [0.2, 0.25) is 0 Å². The first-order valence-electron chi connectivity index (χ1n) is 6.31. The second kappa shape index (κ2) is 6.76. The van der Waals surface area contributed by atoms with Gasteiger partial charge in [0.2, 0.25) is 16.1 Å². The number of hydrogen-bond donors (Lipinski definition) is 0. The number of aryl methyl sites for hydroxylation is 1. The lowest BCUT2D eigenvalue weighted by molar-refractivity contribution is 0.0359. The molecule has 0 spiro atoms.